The standard InChI is InChI=1S/C15H26N2O/c1-4-9-15(3,13-18)12-17(5-2)11-14-8-6-7-10-16-14/h6-8,10,18H,4-5,9,11-13H2,1-3H3. The maximum atomic E-state index is 9.58. The topological polar surface area (TPSA) is 36.4 Å². The van der Waals surface area contributed by atoms with Crippen molar-refractivity contribution in [1.29, 1.82) is 0 Å². The molecule has 0 aliphatic rings. The number of nitrogens with zero attached hydrogens (tertiary/aromatic N) is 2. The van der Waals surface area contributed by atoms with E-state index in [1.807, 2.05) is 18.3 Å². The van der Waals surface area contributed by atoms with Gasteiger partial charge in [-0.3, -0.25) is 9.88 Å². The Morgan fingerprint density at radius 2 is 2.11 bits per heavy atom. The van der Waals surface area contributed by atoms with Crippen LogP contribution < -0.4 is 0 Å². The predicted molar refractivity (Wildman–Crippen MR) is 75.3 cm³/mol. The van der Waals surface area contributed by atoms with Gasteiger partial charge in [0.2, 0.25) is 0 Å². The first-order chi connectivity index (χ1) is 8.63. The van der Waals surface area contributed by atoms with E-state index in [9.17, 15) is 5.11 Å². The lowest BCUT2D eigenvalue weighted by Gasteiger charge is -2.33. The Morgan fingerprint density at radius 1 is 1.33 bits per heavy atom. The Kier molecular flexibility index (Phi) is 6.30. The van der Waals surface area contributed by atoms with Crippen LogP contribution in [0.2, 0.25) is 0 Å². The molecular formula is C15H26N2O. The van der Waals surface area contributed by atoms with Gasteiger partial charge in [0.15, 0.2) is 0 Å². The van der Waals surface area contributed by atoms with Gasteiger partial charge in [0.25, 0.3) is 0 Å². The van der Waals surface area contributed by atoms with E-state index in [0.717, 1.165) is 38.2 Å². The van der Waals surface area contributed by atoms with Crippen LogP contribution in [0.25, 0.3) is 0 Å². The van der Waals surface area contributed by atoms with Gasteiger partial charge < -0.3 is 5.11 Å². The van der Waals surface area contributed by atoms with Crippen LogP contribution in [0.15, 0.2) is 24.4 Å². The summed E-state index contributed by atoms with van der Waals surface area (Å²) in [6.07, 6.45) is 4.00. The Bertz CT molecular complexity index is 329. The molecular weight excluding hydrogens is 224 g/mol. The number of rotatable bonds is 8. The van der Waals surface area contributed by atoms with Crippen LogP contribution in [-0.2, 0) is 6.54 Å². The van der Waals surface area contributed by atoms with Crippen LogP contribution in [0.3, 0.4) is 0 Å². The van der Waals surface area contributed by atoms with E-state index in [1.165, 1.54) is 0 Å². The molecule has 1 N–H and O–H groups in total. The second kappa shape index (κ2) is 7.49. The van der Waals surface area contributed by atoms with Gasteiger partial charge >= 0.3 is 0 Å². The third-order valence-corrected chi connectivity index (χ3v) is 3.40. The fourth-order valence-corrected chi connectivity index (χ4v) is 2.35. The minimum Gasteiger partial charge on any atom is -0.396 e. The van der Waals surface area contributed by atoms with Gasteiger partial charge in [-0.2, -0.15) is 0 Å². The van der Waals surface area contributed by atoms with Crippen LogP contribution in [-0.4, -0.2) is 34.7 Å². The third kappa shape index (κ3) is 4.75. The number of aromatic nitrogens is 1. The molecule has 0 bridgehead atoms. The molecule has 102 valence electrons. The lowest BCUT2D eigenvalue weighted by molar-refractivity contribution is 0.0783. The van der Waals surface area contributed by atoms with Gasteiger partial charge in [-0.15, -0.1) is 0 Å². The molecule has 0 saturated heterocycles. The fourth-order valence-electron chi connectivity index (χ4n) is 2.35. The Morgan fingerprint density at radius 3 is 2.61 bits per heavy atom. The molecule has 18 heavy (non-hydrogen) atoms. The summed E-state index contributed by atoms with van der Waals surface area (Å²) in [7, 11) is 0. The molecule has 0 spiro atoms. The van der Waals surface area contributed by atoms with Gasteiger partial charge in [0.1, 0.15) is 0 Å². The zero-order valence-corrected chi connectivity index (χ0v) is 11.9. The monoisotopic (exact) mass is 250 g/mol. The van der Waals surface area contributed by atoms with E-state index >= 15 is 0 Å². The van der Waals surface area contributed by atoms with E-state index in [4.69, 9.17) is 0 Å². The maximum absolute atomic E-state index is 9.58. The molecule has 0 aliphatic heterocycles. The van der Waals surface area contributed by atoms with Crippen molar-refractivity contribution in [1.82, 2.24) is 9.88 Å². The number of aliphatic hydroxyl groups excluding tert-OH is 1. The third-order valence-electron chi connectivity index (χ3n) is 3.40. The summed E-state index contributed by atoms with van der Waals surface area (Å²) < 4.78 is 0. The van der Waals surface area contributed by atoms with Crippen LogP contribution in [0.5, 0.6) is 0 Å². The molecule has 1 aromatic rings. The molecule has 3 nitrogen and oxygen atoms in total. The van der Waals surface area contributed by atoms with Crippen LogP contribution in [0, 0.1) is 5.41 Å². The van der Waals surface area contributed by atoms with Gasteiger partial charge in [-0.05, 0) is 25.1 Å². The summed E-state index contributed by atoms with van der Waals surface area (Å²) in [6, 6.07) is 6.01. The number of hydrogen-bond donors (Lipinski definition) is 1. The molecule has 1 unspecified atom stereocenters. The molecule has 1 aromatic heterocycles. The van der Waals surface area contributed by atoms with Crippen molar-refractivity contribution in [2.45, 2.75) is 40.2 Å². The Hall–Kier alpha value is -0.930. The van der Waals surface area contributed by atoms with Crippen molar-refractivity contribution in [2.75, 3.05) is 19.7 Å². The molecule has 0 aliphatic carbocycles. The summed E-state index contributed by atoms with van der Waals surface area (Å²) in [6.45, 7) is 9.50. The second-order valence-electron chi connectivity index (χ2n) is 5.34. The van der Waals surface area contributed by atoms with Crippen molar-refractivity contribution in [3.63, 3.8) is 0 Å². The summed E-state index contributed by atoms with van der Waals surface area (Å²) in [5.74, 6) is 0. The number of hydrogen-bond acceptors (Lipinski definition) is 3. The van der Waals surface area contributed by atoms with Crippen LogP contribution in [0.1, 0.15) is 39.3 Å². The van der Waals surface area contributed by atoms with E-state index in [2.05, 4.69) is 36.7 Å². The van der Waals surface area contributed by atoms with E-state index in [-0.39, 0.29) is 12.0 Å². The highest BCUT2D eigenvalue weighted by Gasteiger charge is 2.25. The van der Waals surface area contributed by atoms with Gasteiger partial charge in [-0.25, -0.2) is 0 Å². The molecule has 0 radical (unpaired) electrons. The first kappa shape index (κ1) is 15.1. The second-order valence-corrected chi connectivity index (χ2v) is 5.34. The molecule has 0 aromatic carbocycles. The lowest BCUT2D eigenvalue weighted by atomic mass is 9.86. The zero-order chi connectivity index (χ0) is 13.4. The first-order valence-electron chi connectivity index (χ1n) is 6.86. The highest BCUT2D eigenvalue weighted by Crippen LogP contribution is 2.24. The number of pyridine rings is 1. The smallest absolute Gasteiger partial charge is 0.0543 e. The van der Waals surface area contributed by atoms with Crippen molar-refractivity contribution in [3.8, 4) is 0 Å². The average molecular weight is 250 g/mol. The highest BCUT2D eigenvalue weighted by atomic mass is 16.3. The highest BCUT2D eigenvalue weighted by molar-refractivity contribution is 5.03. The molecule has 0 amide bonds. The zero-order valence-electron chi connectivity index (χ0n) is 11.9. The normalized spacial score (nSPS) is 14.7. The molecule has 1 rings (SSSR count). The summed E-state index contributed by atoms with van der Waals surface area (Å²) in [5.41, 5.74) is 1.09. The molecule has 0 fully saturated rings. The Labute approximate surface area is 111 Å². The summed E-state index contributed by atoms with van der Waals surface area (Å²) >= 11 is 0. The number of aliphatic hydroxyl groups is 1. The van der Waals surface area contributed by atoms with E-state index < -0.39 is 0 Å². The minimum absolute atomic E-state index is 0.000456. The van der Waals surface area contributed by atoms with Crippen molar-refractivity contribution >= 4 is 0 Å². The predicted octanol–water partition coefficient (Wildman–Crippen LogP) is 2.70. The van der Waals surface area contributed by atoms with Crippen LogP contribution >= 0.6 is 0 Å². The average Bonchev–Trinajstić information content (AvgIpc) is 2.39. The van der Waals surface area contributed by atoms with Gasteiger partial charge in [-0.1, -0.05) is 33.3 Å². The van der Waals surface area contributed by atoms with Crippen molar-refractivity contribution < 1.29 is 5.11 Å². The maximum Gasteiger partial charge on any atom is 0.0543 e. The molecule has 3 heteroatoms. The van der Waals surface area contributed by atoms with Gasteiger partial charge in [0, 0.05) is 31.3 Å². The minimum atomic E-state index is -0.000456. The largest absolute Gasteiger partial charge is 0.396 e. The van der Waals surface area contributed by atoms with Gasteiger partial charge in [0.05, 0.1) is 5.69 Å². The Balaban J connectivity index is 2.61. The van der Waals surface area contributed by atoms with E-state index in [1.54, 1.807) is 0 Å². The van der Waals surface area contributed by atoms with Crippen LogP contribution in [0.4, 0.5) is 0 Å². The SMILES string of the molecule is CCCC(C)(CO)CN(CC)Cc1ccccn1. The van der Waals surface area contributed by atoms with Crippen molar-refractivity contribution in [2.24, 2.45) is 5.41 Å². The van der Waals surface area contributed by atoms with Crippen molar-refractivity contribution in [3.05, 3.63) is 30.1 Å². The van der Waals surface area contributed by atoms with E-state index in [0.29, 0.717) is 0 Å². The molecule has 0 saturated carbocycles. The first-order valence-corrected chi connectivity index (χ1v) is 6.86. The summed E-state index contributed by atoms with van der Waals surface area (Å²) in [5, 5.41) is 9.58. The quantitative estimate of drug-likeness (QED) is 0.770. The molecule has 1 atom stereocenters. The lowest BCUT2D eigenvalue weighted by Crippen LogP contribution is -2.38. The molecule has 1 heterocycles. The fraction of sp³-hybridized carbons (Fsp3) is 0.667. The summed E-state index contributed by atoms with van der Waals surface area (Å²) in [4.78, 5) is 6.72.